The third kappa shape index (κ3) is 2.94. The van der Waals surface area contributed by atoms with Crippen LogP contribution in [-0.2, 0) is 6.54 Å². The molecule has 1 heterocycles. The molecule has 0 atom stereocenters. The number of rotatable bonds is 3. The fourth-order valence-corrected chi connectivity index (χ4v) is 2.79. The number of fused-ring (bicyclic) bond motifs is 1. The predicted octanol–water partition coefficient (Wildman–Crippen LogP) is 2.31. The van der Waals surface area contributed by atoms with Gasteiger partial charge < -0.3 is 10.2 Å². The van der Waals surface area contributed by atoms with Crippen LogP contribution in [0.3, 0.4) is 0 Å². The van der Waals surface area contributed by atoms with Gasteiger partial charge in [-0.3, -0.25) is 4.90 Å². The summed E-state index contributed by atoms with van der Waals surface area (Å²) >= 11 is 0. The van der Waals surface area contributed by atoms with Crippen LogP contribution < -0.4 is 10.2 Å². The molecule has 2 aromatic carbocycles. The molecule has 3 rings (SSSR count). The van der Waals surface area contributed by atoms with Crippen molar-refractivity contribution in [3.63, 3.8) is 0 Å². The fourth-order valence-electron chi connectivity index (χ4n) is 2.79. The molecular weight excluding hydrogens is 246 g/mol. The summed E-state index contributed by atoms with van der Waals surface area (Å²) in [4.78, 5) is 4.67. The molecule has 1 aliphatic heterocycles. The largest absolute Gasteiger partial charge is 0.378 e. The van der Waals surface area contributed by atoms with Gasteiger partial charge >= 0.3 is 0 Å². The third-order valence-electron chi connectivity index (χ3n) is 4.02. The van der Waals surface area contributed by atoms with Crippen LogP contribution in [0, 0.1) is 0 Å². The zero-order valence-electron chi connectivity index (χ0n) is 12.4. The van der Waals surface area contributed by atoms with Crippen molar-refractivity contribution < 1.29 is 0 Å². The molecule has 2 aromatic rings. The monoisotopic (exact) mass is 269 g/mol. The van der Waals surface area contributed by atoms with E-state index in [4.69, 9.17) is 0 Å². The van der Waals surface area contributed by atoms with Crippen LogP contribution in [0.2, 0.25) is 0 Å². The zero-order chi connectivity index (χ0) is 13.9. The number of nitrogens with one attached hydrogen (secondary N) is 1. The van der Waals surface area contributed by atoms with Crippen LogP contribution in [0.4, 0.5) is 5.69 Å². The highest BCUT2D eigenvalue weighted by molar-refractivity contribution is 5.86. The van der Waals surface area contributed by atoms with E-state index in [0.717, 1.165) is 32.7 Å². The first kappa shape index (κ1) is 13.4. The Bertz CT molecular complexity index is 586. The van der Waals surface area contributed by atoms with Crippen molar-refractivity contribution in [2.24, 2.45) is 0 Å². The molecule has 1 fully saturated rings. The molecule has 3 nitrogen and oxygen atoms in total. The van der Waals surface area contributed by atoms with Gasteiger partial charge in [0.2, 0.25) is 0 Å². The average molecular weight is 269 g/mol. The summed E-state index contributed by atoms with van der Waals surface area (Å²) in [5.41, 5.74) is 2.67. The molecule has 1 saturated heterocycles. The van der Waals surface area contributed by atoms with Gasteiger partial charge in [-0.15, -0.1) is 0 Å². The second kappa shape index (κ2) is 5.81. The number of hydrogen-bond donors (Lipinski definition) is 1. The Morgan fingerprint density at radius 1 is 1.00 bits per heavy atom. The van der Waals surface area contributed by atoms with Crippen LogP contribution in [0.25, 0.3) is 10.8 Å². The first-order chi connectivity index (χ1) is 9.72. The van der Waals surface area contributed by atoms with Gasteiger partial charge in [0.15, 0.2) is 0 Å². The second-order valence-electron chi connectivity index (χ2n) is 5.79. The van der Waals surface area contributed by atoms with Crippen molar-refractivity contribution in [2.45, 2.75) is 6.54 Å². The summed E-state index contributed by atoms with van der Waals surface area (Å²) in [6.45, 7) is 5.59. The Balaban J connectivity index is 1.81. The maximum atomic E-state index is 3.40. The molecule has 1 N–H and O–H groups in total. The van der Waals surface area contributed by atoms with Crippen molar-refractivity contribution in [3.05, 3.63) is 42.0 Å². The molecule has 0 aromatic heterocycles. The van der Waals surface area contributed by atoms with E-state index in [2.05, 4.69) is 65.6 Å². The molecule has 106 valence electrons. The van der Waals surface area contributed by atoms with Gasteiger partial charge in [0.05, 0.1) is 0 Å². The Morgan fingerprint density at radius 2 is 1.70 bits per heavy atom. The van der Waals surface area contributed by atoms with Gasteiger partial charge in [0.1, 0.15) is 0 Å². The highest BCUT2D eigenvalue weighted by Crippen LogP contribution is 2.22. The maximum absolute atomic E-state index is 3.40. The Morgan fingerprint density at radius 3 is 2.45 bits per heavy atom. The van der Waals surface area contributed by atoms with E-state index in [1.807, 2.05) is 0 Å². The quantitative estimate of drug-likeness (QED) is 0.922. The van der Waals surface area contributed by atoms with E-state index >= 15 is 0 Å². The summed E-state index contributed by atoms with van der Waals surface area (Å²) in [6.07, 6.45) is 0. The average Bonchev–Trinajstić information content (AvgIpc) is 2.47. The lowest BCUT2D eigenvalue weighted by Gasteiger charge is -2.27. The SMILES string of the molecule is CN(C)c1ccc2cc(CN3CCNCC3)ccc2c1. The van der Waals surface area contributed by atoms with Crippen LogP contribution in [0.5, 0.6) is 0 Å². The van der Waals surface area contributed by atoms with E-state index < -0.39 is 0 Å². The van der Waals surface area contributed by atoms with Crippen LogP contribution >= 0.6 is 0 Å². The molecule has 0 amide bonds. The predicted molar refractivity (Wildman–Crippen MR) is 86.4 cm³/mol. The van der Waals surface area contributed by atoms with Gasteiger partial charge in [-0.2, -0.15) is 0 Å². The normalized spacial score (nSPS) is 16.5. The Labute approximate surface area is 121 Å². The van der Waals surface area contributed by atoms with Crippen LogP contribution in [0.1, 0.15) is 5.56 Å². The second-order valence-corrected chi connectivity index (χ2v) is 5.79. The molecule has 20 heavy (non-hydrogen) atoms. The number of piperazine rings is 1. The summed E-state index contributed by atoms with van der Waals surface area (Å²) in [7, 11) is 4.17. The van der Waals surface area contributed by atoms with Crippen molar-refractivity contribution >= 4 is 16.5 Å². The van der Waals surface area contributed by atoms with Crippen molar-refractivity contribution in [2.75, 3.05) is 45.2 Å². The molecule has 3 heteroatoms. The third-order valence-corrected chi connectivity index (χ3v) is 4.02. The molecule has 0 bridgehead atoms. The Kier molecular flexibility index (Phi) is 3.90. The first-order valence-corrected chi connectivity index (χ1v) is 7.35. The minimum atomic E-state index is 1.06. The lowest BCUT2D eigenvalue weighted by Crippen LogP contribution is -2.42. The summed E-state index contributed by atoms with van der Waals surface area (Å²) in [5, 5.41) is 6.06. The fraction of sp³-hybridized carbons (Fsp3) is 0.412. The number of nitrogens with zero attached hydrogens (tertiary/aromatic N) is 2. The summed E-state index contributed by atoms with van der Waals surface area (Å²) in [6, 6.07) is 13.5. The molecule has 0 saturated carbocycles. The van der Waals surface area contributed by atoms with E-state index in [9.17, 15) is 0 Å². The molecule has 0 radical (unpaired) electrons. The highest BCUT2D eigenvalue weighted by atomic mass is 15.2. The summed E-state index contributed by atoms with van der Waals surface area (Å²) in [5.74, 6) is 0. The van der Waals surface area contributed by atoms with Gasteiger partial charge in [0.25, 0.3) is 0 Å². The van der Waals surface area contributed by atoms with Gasteiger partial charge in [0, 0.05) is 52.5 Å². The minimum Gasteiger partial charge on any atom is -0.378 e. The summed E-state index contributed by atoms with van der Waals surface area (Å²) < 4.78 is 0. The lowest BCUT2D eigenvalue weighted by molar-refractivity contribution is 0.233. The van der Waals surface area contributed by atoms with Crippen LogP contribution in [-0.4, -0.2) is 45.2 Å². The number of anilines is 1. The molecule has 1 aliphatic rings. The zero-order valence-corrected chi connectivity index (χ0v) is 12.4. The minimum absolute atomic E-state index is 1.06. The first-order valence-electron chi connectivity index (χ1n) is 7.35. The van der Waals surface area contributed by atoms with Crippen molar-refractivity contribution in [1.82, 2.24) is 10.2 Å². The van der Waals surface area contributed by atoms with Crippen molar-refractivity contribution in [1.29, 1.82) is 0 Å². The lowest BCUT2D eigenvalue weighted by atomic mass is 10.1. The Hall–Kier alpha value is -1.58. The van der Waals surface area contributed by atoms with Gasteiger partial charge in [-0.1, -0.05) is 18.2 Å². The number of benzene rings is 2. The van der Waals surface area contributed by atoms with Gasteiger partial charge in [-0.05, 0) is 34.5 Å². The van der Waals surface area contributed by atoms with E-state index in [1.54, 1.807) is 0 Å². The van der Waals surface area contributed by atoms with Crippen molar-refractivity contribution in [3.8, 4) is 0 Å². The van der Waals surface area contributed by atoms with E-state index in [1.165, 1.54) is 22.0 Å². The molecule has 0 unspecified atom stereocenters. The van der Waals surface area contributed by atoms with E-state index in [-0.39, 0.29) is 0 Å². The smallest absolute Gasteiger partial charge is 0.0367 e. The molecule has 0 spiro atoms. The van der Waals surface area contributed by atoms with E-state index in [0.29, 0.717) is 0 Å². The molecule has 0 aliphatic carbocycles. The maximum Gasteiger partial charge on any atom is 0.0367 e. The topological polar surface area (TPSA) is 18.5 Å². The van der Waals surface area contributed by atoms with Crippen LogP contribution in [0.15, 0.2) is 36.4 Å². The molecular formula is C17H23N3. The van der Waals surface area contributed by atoms with Gasteiger partial charge in [-0.25, -0.2) is 0 Å². The highest BCUT2D eigenvalue weighted by Gasteiger charge is 2.10. The standard InChI is InChI=1S/C17H23N3/c1-19(2)17-6-5-15-11-14(3-4-16(15)12-17)13-20-9-7-18-8-10-20/h3-6,11-12,18H,7-10,13H2,1-2H3. The number of hydrogen-bond acceptors (Lipinski definition) is 3.